The number of carboxylic acid groups (broad SMARTS) is 1. The van der Waals surface area contributed by atoms with Crippen LogP contribution in [0.3, 0.4) is 0 Å². The van der Waals surface area contributed by atoms with Crippen molar-refractivity contribution in [3.63, 3.8) is 0 Å². The molecule has 1 aliphatic rings. The number of carbonyl (C=O) groups is 3. The minimum absolute atomic E-state index is 0.106. The van der Waals surface area contributed by atoms with Gasteiger partial charge in [-0.3, -0.25) is 10.1 Å². The number of rotatable bonds is 5. The Balaban J connectivity index is 1.37. The molecule has 0 aromatic heterocycles. The van der Waals surface area contributed by atoms with Crippen LogP contribution in [-0.4, -0.2) is 36.2 Å². The highest BCUT2D eigenvalue weighted by Gasteiger charge is 2.29. The van der Waals surface area contributed by atoms with Crippen LogP contribution in [0.5, 0.6) is 0 Å². The summed E-state index contributed by atoms with van der Waals surface area (Å²) < 4.78 is 19.8. The second kappa shape index (κ2) is 9.88. The van der Waals surface area contributed by atoms with Gasteiger partial charge in [0, 0.05) is 17.5 Å². The van der Waals surface area contributed by atoms with Gasteiger partial charge in [-0.1, -0.05) is 54.5 Å². The van der Waals surface area contributed by atoms with Crippen molar-refractivity contribution in [3.05, 3.63) is 89.2 Å². The fourth-order valence-electron chi connectivity index (χ4n) is 3.87. The molecule has 3 aromatic carbocycles. The Morgan fingerprint density at radius 2 is 1.62 bits per heavy atom. The molecule has 4 rings (SSSR count). The number of amides is 2. The van der Waals surface area contributed by atoms with Crippen molar-refractivity contribution in [2.45, 2.75) is 5.92 Å². The number of carbonyl (C=O) groups excluding carboxylic acids is 2. The molecule has 0 heterocycles. The number of fused-ring (bicyclic) bond motifs is 3. The average molecular weight is 458 g/mol. The van der Waals surface area contributed by atoms with Crippen LogP contribution in [0.15, 0.2) is 66.7 Å². The van der Waals surface area contributed by atoms with Gasteiger partial charge in [-0.05, 0) is 40.5 Å². The Hall–Kier alpha value is -4.64. The first kappa shape index (κ1) is 22.6. The molecule has 2 amide bonds. The van der Waals surface area contributed by atoms with E-state index in [4.69, 9.17) is 9.84 Å². The molecule has 3 aromatic rings. The molecule has 0 spiro atoms. The lowest BCUT2D eigenvalue weighted by Crippen LogP contribution is -2.25. The Labute approximate surface area is 194 Å². The van der Waals surface area contributed by atoms with Gasteiger partial charge in [0.05, 0.1) is 12.1 Å². The van der Waals surface area contributed by atoms with Crippen molar-refractivity contribution in [3.8, 4) is 23.0 Å². The summed E-state index contributed by atoms with van der Waals surface area (Å²) in [7, 11) is 0. The topological polar surface area (TPSA) is 105 Å². The van der Waals surface area contributed by atoms with Crippen molar-refractivity contribution in [1.29, 1.82) is 0 Å². The molecule has 34 heavy (non-hydrogen) atoms. The third kappa shape index (κ3) is 4.89. The van der Waals surface area contributed by atoms with Crippen LogP contribution in [0.2, 0.25) is 0 Å². The Morgan fingerprint density at radius 3 is 2.24 bits per heavy atom. The van der Waals surface area contributed by atoms with E-state index in [-0.39, 0.29) is 30.3 Å². The summed E-state index contributed by atoms with van der Waals surface area (Å²) in [6.07, 6.45) is -0.748. The van der Waals surface area contributed by atoms with Crippen LogP contribution in [0.1, 0.15) is 27.4 Å². The molecular weight excluding hydrogens is 439 g/mol. The zero-order chi connectivity index (χ0) is 24.1. The quantitative estimate of drug-likeness (QED) is 0.502. The van der Waals surface area contributed by atoms with Gasteiger partial charge in [0.1, 0.15) is 12.4 Å². The summed E-state index contributed by atoms with van der Waals surface area (Å²) in [6, 6.07) is 19.5. The van der Waals surface area contributed by atoms with Crippen molar-refractivity contribution >= 4 is 23.7 Å². The maximum Gasteiger partial charge on any atom is 0.411 e. The fraction of sp³-hybridized carbons (Fsp3) is 0.115. The van der Waals surface area contributed by atoms with Crippen LogP contribution >= 0.6 is 0 Å². The van der Waals surface area contributed by atoms with E-state index in [1.54, 1.807) is 0 Å². The summed E-state index contributed by atoms with van der Waals surface area (Å²) in [5.74, 6) is 0.996. The van der Waals surface area contributed by atoms with Gasteiger partial charge < -0.3 is 15.2 Å². The number of halogens is 1. The molecule has 0 unspecified atom stereocenters. The van der Waals surface area contributed by atoms with Crippen LogP contribution in [0.4, 0.5) is 14.9 Å². The molecule has 7 nitrogen and oxygen atoms in total. The number of benzene rings is 3. The van der Waals surface area contributed by atoms with E-state index in [9.17, 15) is 18.8 Å². The van der Waals surface area contributed by atoms with E-state index >= 15 is 0 Å². The van der Waals surface area contributed by atoms with E-state index in [1.165, 1.54) is 12.1 Å². The molecule has 1 aliphatic carbocycles. The van der Waals surface area contributed by atoms with Crippen molar-refractivity contribution in [1.82, 2.24) is 5.32 Å². The summed E-state index contributed by atoms with van der Waals surface area (Å²) in [5, 5.41) is 13.2. The van der Waals surface area contributed by atoms with Crippen LogP contribution in [-0.2, 0) is 9.53 Å². The first-order valence-corrected chi connectivity index (χ1v) is 10.4. The molecule has 8 heteroatoms. The highest BCUT2D eigenvalue weighted by molar-refractivity contribution is 5.95. The SMILES string of the molecule is O=C(O)C#CCNC(=O)c1ccc(NC(=O)OCC2c3ccccc3-c3ccccc32)cc1F. The largest absolute Gasteiger partial charge is 0.472 e. The van der Waals surface area contributed by atoms with Crippen LogP contribution in [0.25, 0.3) is 11.1 Å². The van der Waals surface area contributed by atoms with Gasteiger partial charge in [0.15, 0.2) is 0 Å². The highest BCUT2D eigenvalue weighted by atomic mass is 19.1. The Morgan fingerprint density at radius 1 is 0.971 bits per heavy atom. The van der Waals surface area contributed by atoms with E-state index in [1.807, 2.05) is 54.5 Å². The molecule has 3 N–H and O–H groups in total. The normalized spacial score (nSPS) is 11.4. The number of carboxylic acids is 1. The Kier molecular flexibility index (Phi) is 6.55. The Bertz CT molecular complexity index is 1300. The third-order valence-electron chi connectivity index (χ3n) is 5.34. The lowest BCUT2D eigenvalue weighted by atomic mass is 9.98. The van der Waals surface area contributed by atoms with Gasteiger partial charge in [-0.2, -0.15) is 0 Å². The van der Waals surface area contributed by atoms with E-state index in [0.29, 0.717) is 0 Å². The maximum absolute atomic E-state index is 14.4. The molecular formula is C26H19FN2O5. The van der Waals surface area contributed by atoms with Crippen molar-refractivity contribution < 1.29 is 28.6 Å². The zero-order valence-electron chi connectivity index (χ0n) is 17.8. The fourth-order valence-corrected chi connectivity index (χ4v) is 3.87. The number of nitrogens with one attached hydrogen (secondary N) is 2. The predicted octanol–water partition coefficient (Wildman–Crippen LogP) is 4.00. The summed E-state index contributed by atoms with van der Waals surface area (Å²) >= 11 is 0. The van der Waals surface area contributed by atoms with Crippen molar-refractivity contribution in [2.75, 3.05) is 18.5 Å². The first-order chi connectivity index (χ1) is 16.4. The standard InChI is InChI=1S/C26H19FN2O5/c27-23-14-16(11-12-21(23)25(32)28-13-5-10-24(30)31)29-26(33)34-15-22-19-8-3-1-6-17(19)18-7-2-4-9-20(18)22/h1-4,6-9,11-12,14,22H,13,15H2,(H,28,32)(H,29,33)(H,30,31). The van der Waals surface area contributed by atoms with Gasteiger partial charge in [-0.25, -0.2) is 14.0 Å². The predicted molar refractivity (Wildman–Crippen MR) is 123 cm³/mol. The first-order valence-electron chi connectivity index (χ1n) is 10.4. The summed E-state index contributed by atoms with van der Waals surface area (Å²) in [5.41, 5.74) is 4.22. The molecule has 0 saturated carbocycles. The second-order valence-electron chi connectivity index (χ2n) is 7.43. The van der Waals surface area contributed by atoms with Gasteiger partial charge in [0.25, 0.3) is 5.91 Å². The van der Waals surface area contributed by atoms with E-state index in [2.05, 4.69) is 16.6 Å². The summed E-state index contributed by atoms with van der Waals surface area (Å²) in [4.78, 5) is 34.7. The van der Waals surface area contributed by atoms with E-state index < -0.39 is 23.8 Å². The highest BCUT2D eigenvalue weighted by Crippen LogP contribution is 2.44. The molecule has 0 radical (unpaired) electrons. The number of hydrogen-bond acceptors (Lipinski definition) is 4. The lowest BCUT2D eigenvalue weighted by Gasteiger charge is -2.15. The average Bonchev–Trinajstić information content (AvgIpc) is 3.14. The second-order valence-corrected chi connectivity index (χ2v) is 7.43. The van der Waals surface area contributed by atoms with Gasteiger partial charge >= 0.3 is 12.1 Å². The molecule has 0 atom stereocenters. The number of aliphatic carboxylic acids is 1. The monoisotopic (exact) mass is 458 g/mol. The van der Waals surface area contributed by atoms with Gasteiger partial charge in [0.2, 0.25) is 0 Å². The zero-order valence-corrected chi connectivity index (χ0v) is 17.8. The number of anilines is 1. The minimum atomic E-state index is -1.33. The molecule has 0 saturated heterocycles. The number of ether oxygens (including phenoxy) is 1. The lowest BCUT2D eigenvalue weighted by molar-refractivity contribution is -0.130. The molecule has 170 valence electrons. The third-order valence-corrected chi connectivity index (χ3v) is 5.34. The molecule has 0 bridgehead atoms. The molecule has 0 fully saturated rings. The smallest absolute Gasteiger partial charge is 0.411 e. The van der Waals surface area contributed by atoms with Gasteiger partial charge in [-0.15, -0.1) is 0 Å². The van der Waals surface area contributed by atoms with Crippen molar-refractivity contribution in [2.24, 2.45) is 0 Å². The van der Waals surface area contributed by atoms with E-state index in [0.717, 1.165) is 28.3 Å². The maximum atomic E-state index is 14.4. The number of hydrogen-bond donors (Lipinski definition) is 3. The minimum Gasteiger partial charge on any atom is -0.472 e. The van der Waals surface area contributed by atoms with Crippen LogP contribution in [0, 0.1) is 17.7 Å². The summed E-state index contributed by atoms with van der Waals surface area (Å²) in [6.45, 7) is -0.134. The molecule has 0 aliphatic heterocycles. The van der Waals surface area contributed by atoms with Crippen LogP contribution < -0.4 is 10.6 Å².